The van der Waals surface area contributed by atoms with E-state index >= 15 is 0 Å². The van der Waals surface area contributed by atoms with Crippen LogP contribution in [0.4, 0.5) is 32.3 Å². The van der Waals surface area contributed by atoms with Crippen LogP contribution in [-0.2, 0) is 25.4 Å². The average molecular weight is 704 g/mol. The molecular weight excluding hydrogens is 674 g/mol. The zero-order chi connectivity index (χ0) is 33.4. The fraction of sp³-hybridized carbons (Fsp3) is 0.265. The van der Waals surface area contributed by atoms with Gasteiger partial charge in [-0.3, -0.25) is 0 Å². The number of para-hydroxylation sites is 1. The second-order valence-electron chi connectivity index (χ2n) is 11.2. The molecule has 0 saturated heterocycles. The Morgan fingerprint density at radius 3 is 2.09 bits per heavy atom. The first kappa shape index (κ1) is 33.2. The number of alkyl halides is 6. The molecule has 5 rings (SSSR count). The first-order chi connectivity index (χ1) is 21.6. The fourth-order valence-electron chi connectivity index (χ4n) is 5.22. The Morgan fingerprint density at radius 1 is 0.848 bits per heavy atom. The van der Waals surface area contributed by atoms with E-state index in [4.69, 9.17) is 9.72 Å². The Kier molecular flexibility index (Phi) is 9.30. The summed E-state index contributed by atoms with van der Waals surface area (Å²) in [5, 5.41) is 0.813. The summed E-state index contributed by atoms with van der Waals surface area (Å²) in [5.41, 5.74) is 1.61. The minimum absolute atomic E-state index is 0.000501. The number of rotatable bonds is 8. The van der Waals surface area contributed by atoms with Gasteiger partial charge in [-0.1, -0.05) is 38.1 Å². The van der Waals surface area contributed by atoms with E-state index in [1.807, 2.05) is 49.4 Å². The van der Waals surface area contributed by atoms with Crippen molar-refractivity contribution in [2.45, 2.75) is 52.1 Å². The first-order valence-corrected chi connectivity index (χ1v) is 15.0. The van der Waals surface area contributed by atoms with Crippen molar-refractivity contribution < 1.29 is 31.1 Å². The summed E-state index contributed by atoms with van der Waals surface area (Å²) in [4.78, 5) is 15.3. The Morgan fingerprint density at radius 2 is 1.50 bits per heavy atom. The molecule has 0 fully saturated rings. The zero-order valence-corrected chi connectivity index (χ0v) is 26.8. The van der Waals surface area contributed by atoms with E-state index in [1.54, 1.807) is 7.11 Å². The molecule has 0 aliphatic heterocycles. The van der Waals surface area contributed by atoms with E-state index in [2.05, 4.69) is 39.7 Å². The number of nitrogens with zero attached hydrogens (tertiary/aromatic N) is 4. The number of anilines is 1. The number of hydrogen-bond donors (Lipinski definition) is 0. The molecule has 0 radical (unpaired) electrons. The molecule has 0 bridgehead atoms. The monoisotopic (exact) mass is 702 g/mol. The van der Waals surface area contributed by atoms with Crippen molar-refractivity contribution in [2.24, 2.45) is 0 Å². The summed E-state index contributed by atoms with van der Waals surface area (Å²) in [6, 6.07) is 15.0. The van der Waals surface area contributed by atoms with E-state index in [0.717, 1.165) is 34.2 Å². The number of fused-ring (bicyclic) bond motifs is 1. The minimum Gasteiger partial charge on any atom is -0.496 e. The third-order valence-electron chi connectivity index (χ3n) is 7.54. The van der Waals surface area contributed by atoms with Crippen LogP contribution in [-0.4, -0.2) is 22.1 Å². The Balaban J connectivity index is 1.71. The molecule has 0 aliphatic carbocycles. The number of halogens is 7. The summed E-state index contributed by atoms with van der Waals surface area (Å²) in [6.07, 6.45) is -7.05. The van der Waals surface area contributed by atoms with Gasteiger partial charge in [0.1, 0.15) is 5.75 Å². The Labute approximate surface area is 270 Å². The zero-order valence-electron chi connectivity index (χ0n) is 25.3. The molecule has 0 amide bonds. The van der Waals surface area contributed by atoms with Gasteiger partial charge in [0.15, 0.2) is 0 Å². The average Bonchev–Trinajstić information content (AvgIpc) is 2.99. The highest BCUT2D eigenvalue weighted by Crippen LogP contribution is 2.39. The maximum atomic E-state index is 13.7. The predicted octanol–water partition coefficient (Wildman–Crippen LogP) is 10.1. The van der Waals surface area contributed by atoms with Crippen molar-refractivity contribution in [3.8, 4) is 17.0 Å². The van der Waals surface area contributed by atoms with E-state index in [-0.39, 0.29) is 36.6 Å². The van der Waals surface area contributed by atoms with Crippen molar-refractivity contribution >= 4 is 32.8 Å². The second-order valence-corrected chi connectivity index (χ2v) is 12.1. The van der Waals surface area contributed by atoms with Gasteiger partial charge < -0.3 is 9.64 Å². The van der Waals surface area contributed by atoms with E-state index < -0.39 is 23.5 Å². The van der Waals surface area contributed by atoms with Crippen molar-refractivity contribution in [1.29, 1.82) is 0 Å². The van der Waals surface area contributed by atoms with Crippen LogP contribution in [0.3, 0.4) is 0 Å². The van der Waals surface area contributed by atoms with Crippen LogP contribution in [0, 0.1) is 6.92 Å². The molecule has 5 aromatic rings. The fourth-order valence-corrected chi connectivity index (χ4v) is 5.42. The van der Waals surface area contributed by atoms with Gasteiger partial charge in [-0.25, -0.2) is 15.0 Å². The van der Waals surface area contributed by atoms with Gasteiger partial charge in [0, 0.05) is 36.4 Å². The molecule has 0 aliphatic rings. The smallest absolute Gasteiger partial charge is 0.416 e. The van der Waals surface area contributed by atoms with Crippen LogP contribution in [0.25, 0.3) is 22.2 Å². The quantitative estimate of drug-likeness (QED) is 0.151. The molecule has 46 heavy (non-hydrogen) atoms. The highest BCUT2D eigenvalue weighted by Gasteiger charge is 2.37. The number of benzene rings is 3. The van der Waals surface area contributed by atoms with Gasteiger partial charge in [-0.05, 0) is 87.4 Å². The number of methoxy groups -OCH3 is 1. The molecule has 0 spiro atoms. The van der Waals surface area contributed by atoms with Crippen molar-refractivity contribution in [1.82, 2.24) is 15.0 Å². The summed E-state index contributed by atoms with van der Waals surface area (Å²) < 4.78 is 88.7. The van der Waals surface area contributed by atoms with E-state index in [0.29, 0.717) is 27.0 Å². The lowest BCUT2D eigenvalue weighted by Crippen LogP contribution is -2.25. The molecule has 0 saturated carbocycles. The molecule has 240 valence electrons. The lowest BCUT2D eigenvalue weighted by Gasteiger charge is -2.26. The number of aromatic nitrogens is 3. The first-order valence-electron chi connectivity index (χ1n) is 14.2. The largest absolute Gasteiger partial charge is 0.496 e. The van der Waals surface area contributed by atoms with Gasteiger partial charge in [0.25, 0.3) is 0 Å². The number of aryl methyl sites for hydroxylation is 1. The maximum Gasteiger partial charge on any atom is 0.416 e. The van der Waals surface area contributed by atoms with E-state index in [1.165, 1.54) is 17.3 Å². The molecule has 0 atom stereocenters. The number of pyridine rings is 1. The third kappa shape index (κ3) is 7.27. The molecule has 5 nitrogen and oxygen atoms in total. The topological polar surface area (TPSA) is 51.1 Å². The molecule has 12 heteroatoms. The highest BCUT2D eigenvalue weighted by molar-refractivity contribution is 9.10. The minimum atomic E-state index is -4.99. The Hall–Kier alpha value is -4.19. The SMILES string of the molecule is COc1ccc(C(C)C)cc1-c1nc2c(C)cccc2cc1CN(Cc1cc(C(F)(F)F)cc(C(F)(F)F)c1)c1ncc(Br)cn1. The summed E-state index contributed by atoms with van der Waals surface area (Å²) in [6.45, 7) is 5.70. The van der Waals surface area contributed by atoms with Gasteiger partial charge >= 0.3 is 12.4 Å². The molecule has 0 unspecified atom stereocenters. The third-order valence-corrected chi connectivity index (χ3v) is 7.95. The van der Waals surface area contributed by atoms with Crippen LogP contribution in [0.2, 0.25) is 0 Å². The molecule has 2 aromatic heterocycles. The van der Waals surface area contributed by atoms with Crippen molar-refractivity contribution in [3.63, 3.8) is 0 Å². The second kappa shape index (κ2) is 12.9. The lowest BCUT2D eigenvalue weighted by atomic mass is 9.95. The summed E-state index contributed by atoms with van der Waals surface area (Å²) >= 11 is 3.28. The van der Waals surface area contributed by atoms with Crippen molar-refractivity contribution in [2.75, 3.05) is 12.0 Å². The Bertz CT molecular complexity index is 1840. The van der Waals surface area contributed by atoms with Gasteiger partial charge in [0.2, 0.25) is 5.95 Å². The lowest BCUT2D eigenvalue weighted by molar-refractivity contribution is -0.143. The predicted molar refractivity (Wildman–Crippen MR) is 169 cm³/mol. The van der Waals surface area contributed by atoms with Gasteiger partial charge in [-0.2, -0.15) is 26.3 Å². The van der Waals surface area contributed by atoms with Gasteiger partial charge in [0.05, 0.1) is 33.9 Å². The molecule has 2 heterocycles. The molecule has 0 N–H and O–H groups in total. The maximum absolute atomic E-state index is 13.7. The van der Waals surface area contributed by atoms with Crippen molar-refractivity contribution in [3.05, 3.63) is 111 Å². The number of hydrogen-bond acceptors (Lipinski definition) is 5. The molecule has 3 aromatic carbocycles. The van der Waals surface area contributed by atoms with Crippen LogP contribution >= 0.6 is 15.9 Å². The standard InChI is InChI=1S/C34H29BrF6N4O/c1-19(2)22-8-9-29(46-4)28(13-22)31-24(12-23-7-5-6-20(3)30(23)44-31)18-45(32-42-15-27(35)16-43-32)17-21-10-25(33(36,37)38)14-26(11-21)34(39,40)41/h5-16,19H,17-18H2,1-4H3. The van der Waals surface area contributed by atoms with Crippen LogP contribution in [0.15, 0.2) is 77.5 Å². The highest BCUT2D eigenvalue weighted by atomic mass is 79.9. The van der Waals surface area contributed by atoms with Gasteiger partial charge in [-0.15, -0.1) is 0 Å². The summed E-state index contributed by atoms with van der Waals surface area (Å²) in [7, 11) is 1.55. The number of ether oxygens (including phenoxy) is 1. The van der Waals surface area contributed by atoms with Crippen LogP contribution in [0.5, 0.6) is 5.75 Å². The summed E-state index contributed by atoms with van der Waals surface area (Å²) in [5.74, 6) is 0.851. The molecular formula is C34H29BrF6N4O. The van der Waals surface area contributed by atoms with E-state index in [9.17, 15) is 26.3 Å². The normalized spacial score (nSPS) is 12.2. The van der Waals surface area contributed by atoms with Crippen LogP contribution < -0.4 is 9.64 Å². The van der Waals surface area contributed by atoms with Crippen LogP contribution in [0.1, 0.15) is 53.1 Å².